The third kappa shape index (κ3) is 3.19. The number of aromatic nitrogens is 3. The van der Waals surface area contributed by atoms with Gasteiger partial charge < -0.3 is 5.32 Å². The number of carbonyl (C=O) groups is 1. The maximum absolute atomic E-state index is 12.6. The lowest BCUT2D eigenvalue weighted by Gasteiger charge is -2.09. The maximum atomic E-state index is 12.6. The van der Waals surface area contributed by atoms with E-state index in [2.05, 4.69) is 15.4 Å². The molecule has 0 aliphatic carbocycles. The molecule has 0 fully saturated rings. The fourth-order valence-electron chi connectivity index (χ4n) is 2.96. The summed E-state index contributed by atoms with van der Waals surface area (Å²) in [5.74, 6) is -0.182. The molecule has 0 atom stereocenters. The Hall–Kier alpha value is -3.47. The van der Waals surface area contributed by atoms with Gasteiger partial charge in [-0.15, -0.1) is 0 Å². The second kappa shape index (κ2) is 6.80. The van der Waals surface area contributed by atoms with Gasteiger partial charge in [0.25, 0.3) is 5.91 Å². The van der Waals surface area contributed by atoms with Crippen LogP contribution < -0.4 is 5.32 Å². The van der Waals surface area contributed by atoms with Crippen LogP contribution in [0.3, 0.4) is 0 Å². The zero-order valence-corrected chi connectivity index (χ0v) is 14.4. The minimum Gasteiger partial charge on any atom is -0.321 e. The Morgan fingerprint density at radius 2 is 1.92 bits per heavy atom. The van der Waals surface area contributed by atoms with Crippen LogP contribution in [0.2, 0.25) is 0 Å². The molecule has 5 heteroatoms. The van der Waals surface area contributed by atoms with Crippen LogP contribution in [0.25, 0.3) is 10.9 Å². The Bertz CT molecular complexity index is 1070. The van der Waals surface area contributed by atoms with E-state index in [4.69, 9.17) is 0 Å². The molecule has 0 bridgehead atoms. The highest BCUT2D eigenvalue weighted by atomic mass is 16.1. The molecule has 0 saturated carbocycles. The van der Waals surface area contributed by atoms with Gasteiger partial charge in [0.1, 0.15) is 0 Å². The molecule has 0 radical (unpaired) electrons. The molecule has 2 heterocycles. The molecule has 0 spiro atoms. The summed E-state index contributed by atoms with van der Waals surface area (Å²) in [6.07, 6.45) is 5.11. The van der Waals surface area contributed by atoms with Crippen molar-refractivity contribution in [3.8, 4) is 0 Å². The van der Waals surface area contributed by atoms with Gasteiger partial charge in [-0.05, 0) is 36.2 Å². The summed E-state index contributed by atoms with van der Waals surface area (Å²) >= 11 is 0. The molecule has 0 unspecified atom stereocenters. The quantitative estimate of drug-likeness (QED) is 0.609. The number of anilines is 1. The van der Waals surface area contributed by atoms with Crippen molar-refractivity contribution in [2.75, 3.05) is 5.32 Å². The van der Waals surface area contributed by atoms with Gasteiger partial charge in [0.2, 0.25) is 0 Å². The fourth-order valence-corrected chi connectivity index (χ4v) is 2.96. The first kappa shape index (κ1) is 16.0. The number of rotatable bonds is 4. The summed E-state index contributed by atoms with van der Waals surface area (Å²) in [6, 6.07) is 17.7. The molecule has 4 rings (SSSR count). The highest BCUT2D eigenvalue weighted by Gasteiger charge is 2.12. The molecule has 1 amide bonds. The van der Waals surface area contributed by atoms with Gasteiger partial charge in [-0.25, -0.2) is 0 Å². The van der Waals surface area contributed by atoms with Crippen LogP contribution in [0.4, 0.5) is 5.69 Å². The Labute approximate surface area is 151 Å². The van der Waals surface area contributed by atoms with E-state index in [1.165, 1.54) is 0 Å². The molecule has 2 aromatic carbocycles. The van der Waals surface area contributed by atoms with Crippen molar-refractivity contribution in [3.05, 3.63) is 89.9 Å². The van der Waals surface area contributed by atoms with Crippen LogP contribution in [0.1, 0.15) is 21.5 Å². The van der Waals surface area contributed by atoms with Gasteiger partial charge in [0.05, 0.1) is 29.5 Å². The number of benzene rings is 2. The molecule has 2 aromatic heterocycles. The highest BCUT2D eigenvalue weighted by molar-refractivity contribution is 6.08. The summed E-state index contributed by atoms with van der Waals surface area (Å²) in [5, 5.41) is 8.20. The lowest BCUT2D eigenvalue weighted by molar-refractivity contribution is 0.102. The smallest absolute Gasteiger partial charge is 0.258 e. The van der Waals surface area contributed by atoms with E-state index in [1.54, 1.807) is 23.3 Å². The largest absolute Gasteiger partial charge is 0.321 e. The first-order chi connectivity index (χ1) is 12.7. The number of hydrogen-bond donors (Lipinski definition) is 1. The third-order valence-corrected chi connectivity index (χ3v) is 4.30. The first-order valence-corrected chi connectivity index (χ1v) is 8.43. The average molecular weight is 342 g/mol. The zero-order chi connectivity index (χ0) is 17.9. The number of nitrogens with one attached hydrogen (secondary N) is 1. The van der Waals surface area contributed by atoms with Gasteiger partial charge in [0, 0.05) is 17.8 Å². The molecular weight excluding hydrogens is 324 g/mol. The Morgan fingerprint density at radius 3 is 2.77 bits per heavy atom. The number of hydrogen-bond acceptors (Lipinski definition) is 3. The predicted octanol–water partition coefficient (Wildman–Crippen LogP) is 4.04. The van der Waals surface area contributed by atoms with E-state index in [0.29, 0.717) is 12.1 Å². The molecular formula is C21H18N4O. The number of aryl methyl sites for hydroxylation is 1. The van der Waals surface area contributed by atoms with E-state index in [9.17, 15) is 4.79 Å². The van der Waals surface area contributed by atoms with E-state index in [-0.39, 0.29) is 5.91 Å². The van der Waals surface area contributed by atoms with Crippen molar-refractivity contribution in [2.24, 2.45) is 0 Å². The summed E-state index contributed by atoms with van der Waals surface area (Å²) < 4.78 is 1.76. The van der Waals surface area contributed by atoms with E-state index in [1.807, 2.05) is 61.5 Å². The summed E-state index contributed by atoms with van der Waals surface area (Å²) in [4.78, 5) is 17.0. The first-order valence-electron chi connectivity index (χ1n) is 8.43. The number of amides is 1. The van der Waals surface area contributed by atoms with Crippen molar-refractivity contribution in [2.45, 2.75) is 13.5 Å². The number of carbonyl (C=O) groups excluding carboxylic acids is 1. The molecule has 1 N–H and O–H groups in total. The lowest BCUT2D eigenvalue weighted by Crippen LogP contribution is -2.11. The molecule has 0 saturated heterocycles. The monoisotopic (exact) mass is 342 g/mol. The molecule has 4 aromatic rings. The van der Waals surface area contributed by atoms with Gasteiger partial charge in [-0.1, -0.05) is 36.4 Å². The van der Waals surface area contributed by atoms with Crippen molar-refractivity contribution >= 4 is 22.5 Å². The Morgan fingerprint density at radius 1 is 1.08 bits per heavy atom. The van der Waals surface area contributed by atoms with Crippen LogP contribution in [0.15, 0.2) is 73.2 Å². The summed E-state index contributed by atoms with van der Waals surface area (Å²) in [7, 11) is 0. The van der Waals surface area contributed by atoms with Gasteiger partial charge in [-0.2, -0.15) is 5.10 Å². The molecule has 5 nitrogen and oxygen atoms in total. The number of nitrogens with zero attached hydrogens (tertiary/aromatic N) is 3. The Balaban J connectivity index is 1.55. The van der Waals surface area contributed by atoms with Crippen molar-refractivity contribution < 1.29 is 4.79 Å². The molecule has 128 valence electrons. The van der Waals surface area contributed by atoms with Gasteiger partial charge >= 0.3 is 0 Å². The number of fused-ring (bicyclic) bond motifs is 1. The average Bonchev–Trinajstić information content (AvgIpc) is 3.14. The zero-order valence-electron chi connectivity index (χ0n) is 14.4. The van der Waals surface area contributed by atoms with Crippen LogP contribution in [-0.2, 0) is 6.54 Å². The highest BCUT2D eigenvalue weighted by Crippen LogP contribution is 2.25. The molecule has 26 heavy (non-hydrogen) atoms. The molecule has 0 aliphatic heterocycles. The number of pyridine rings is 1. The standard InChI is InChI=1S/C21H18N4O/c1-15-9-10-19(18-8-5-11-22-20(15)18)24-21(26)17-12-23-25(14-17)13-16-6-3-2-4-7-16/h2-12,14H,13H2,1H3,(H,24,26). The predicted molar refractivity (Wildman–Crippen MR) is 102 cm³/mol. The minimum absolute atomic E-state index is 0.182. The van der Waals surface area contributed by atoms with Crippen LogP contribution in [0.5, 0.6) is 0 Å². The van der Waals surface area contributed by atoms with E-state index in [0.717, 1.165) is 27.7 Å². The Kier molecular flexibility index (Phi) is 4.19. The third-order valence-electron chi connectivity index (χ3n) is 4.30. The van der Waals surface area contributed by atoms with Gasteiger partial charge in [0.15, 0.2) is 0 Å². The summed E-state index contributed by atoms with van der Waals surface area (Å²) in [6.45, 7) is 2.64. The van der Waals surface area contributed by atoms with Crippen molar-refractivity contribution in [3.63, 3.8) is 0 Å². The van der Waals surface area contributed by atoms with Gasteiger partial charge in [-0.3, -0.25) is 14.5 Å². The molecule has 0 aliphatic rings. The fraction of sp³-hybridized carbons (Fsp3) is 0.0952. The SMILES string of the molecule is Cc1ccc(NC(=O)c2cnn(Cc3ccccc3)c2)c2cccnc12. The summed E-state index contributed by atoms with van der Waals surface area (Å²) in [5.41, 5.74) is 4.38. The second-order valence-corrected chi connectivity index (χ2v) is 6.20. The van der Waals surface area contributed by atoms with Crippen LogP contribution in [-0.4, -0.2) is 20.7 Å². The van der Waals surface area contributed by atoms with Crippen molar-refractivity contribution in [1.29, 1.82) is 0 Å². The normalized spacial score (nSPS) is 10.8. The van der Waals surface area contributed by atoms with Crippen LogP contribution >= 0.6 is 0 Å². The maximum Gasteiger partial charge on any atom is 0.258 e. The van der Waals surface area contributed by atoms with E-state index < -0.39 is 0 Å². The van der Waals surface area contributed by atoms with E-state index >= 15 is 0 Å². The van der Waals surface area contributed by atoms with Crippen molar-refractivity contribution in [1.82, 2.24) is 14.8 Å². The van der Waals surface area contributed by atoms with Crippen LogP contribution in [0, 0.1) is 6.92 Å². The second-order valence-electron chi connectivity index (χ2n) is 6.20. The minimum atomic E-state index is -0.182. The lowest BCUT2D eigenvalue weighted by atomic mass is 10.1. The topological polar surface area (TPSA) is 59.8 Å².